The van der Waals surface area contributed by atoms with Crippen molar-refractivity contribution in [2.45, 2.75) is 51.6 Å². The Labute approximate surface area is 110 Å². The van der Waals surface area contributed by atoms with Crippen molar-refractivity contribution in [3.8, 4) is 0 Å². The van der Waals surface area contributed by atoms with E-state index in [-0.39, 0.29) is 18.0 Å². The molecule has 2 N–H and O–H groups in total. The molecule has 0 bridgehead atoms. The van der Waals surface area contributed by atoms with Gasteiger partial charge < -0.3 is 15.4 Å². The van der Waals surface area contributed by atoms with Gasteiger partial charge >= 0.3 is 0 Å². The maximum atomic E-state index is 12.6. The molecule has 0 radical (unpaired) electrons. The van der Waals surface area contributed by atoms with Crippen LogP contribution in [-0.2, 0) is 9.53 Å². The SMILES string of the molecule is CC(C)CC1COCCN1C(=O)C1CCC(N)C1. The van der Waals surface area contributed by atoms with E-state index in [1.807, 2.05) is 0 Å². The van der Waals surface area contributed by atoms with E-state index in [4.69, 9.17) is 10.5 Å². The average Bonchev–Trinajstić information content (AvgIpc) is 2.75. The van der Waals surface area contributed by atoms with Crippen LogP contribution < -0.4 is 5.73 Å². The molecule has 18 heavy (non-hydrogen) atoms. The number of carbonyl (C=O) groups excluding carboxylic acids is 1. The number of amides is 1. The smallest absolute Gasteiger partial charge is 0.226 e. The Morgan fingerprint density at radius 2 is 2.22 bits per heavy atom. The summed E-state index contributed by atoms with van der Waals surface area (Å²) in [6.45, 7) is 6.52. The Morgan fingerprint density at radius 3 is 2.83 bits per heavy atom. The van der Waals surface area contributed by atoms with Gasteiger partial charge in [0.2, 0.25) is 5.91 Å². The Bertz CT molecular complexity index is 294. The minimum absolute atomic E-state index is 0.160. The van der Waals surface area contributed by atoms with Gasteiger partial charge in [-0.1, -0.05) is 13.8 Å². The molecule has 1 aliphatic heterocycles. The van der Waals surface area contributed by atoms with Crippen molar-refractivity contribution in [3.63, 3.8) is 0 Å². The third kappa shape index (κ3) is 3.23. The fourth-order valence-electron chi connectivity index (χ4n) is 3.16. The predicted molar refractivity (Wildman–Crippen MR) is 71.1 cm³/mol. The second-order valence-corrected chi connectivity index (χ2v) is 6.16. The Morgan fingerprint density at radius 1 is 1.44 bits per heavy atom. The predicted octanol–water partition coefficient (Wildman–Crippen LogP) is 1.39. The maximum absolute atomic E-state index is 12.6. The number of nitrogens with two attached hydrogens (primary N) is 1. The topological polar surface area (TPSA) is 55.6 Å². The summed E-state index contributed by atoms with van der Waals surface area (Å²) >= 11 is 0. The van der Waals surface area contributed by atoms with Crippen molar-refractivity contribution >= 4 is 5.91 Å². The van der Waals surface area contributed by atoms with Crippen LogP contribution in [0.5, 0.6) is 0 Å². The third-order valence-corrected chi connectivity index (χ3v) is 4.08. The van der Waals surface area contributed by atoms with Gasteiger partial charge in [0, 0.05) is 18.5 Å². The number of hydrogen-bond donors (Lipinski definition) is 1. The van der Waals surface area contributed by atoms with Crippen LogP contribution in [0, 0.1) is 11.8 Å². The van der Waals surface area contributed by atoms with E-state index >= 15 is 0 Å². The number of hydrogen-bond acceptors (Lipinski definition) is 3. The molecule has 1 saturated heterocycles. The van der Waals surface area contributed by atoms with Gasteiger partial charge in [0.15, 0.2) is 0 Å². The molecule has 3 atom stereocenters. The molecule has 4 heteroatoms. The van der Waals surface area contributed by atoms with Gasteiger partial charge in [-0.3, -0.25) is 4.79 Å². The monoisotopic (exact) mass is 254 g/mol. The van der Waals surface area contributed by atoms with Crippen LogP contribution in [-0.4, -0.2) is 42.6 Å². The Balaban J connectivity index is 1.97. The van der Waals surface area contributed by atoms with Gasteiger partial charge in [0.25, 0.3) is 0 Å². The molecule has 2 fully saturated rings. The molecular weight excluding hydrogens is 228 g/mol. The van der Waals surface area contributed by atoms with Crippen LogP contribution in [0.4, 0.5) is 0 Å². The van der Waals surface area contributed by atoms with Gasteiger partial charge in [0.1, 0.15) is 0 Å². The van der Waals surface area contributed by atoms with Gasteiger partial charge in [-0.25, -0.2) is 0 Å². The molecule has 4 nitrogen and oxygen atoms in total. The molecule has 2 rings (SSSR count). The highest BCUT2D eigenvalue weighted by Crippen LogP contribution is 2.28. The van der Waals surface area contributed by atoms with Crippen molar-refractivity contribution < 1.29 is 9.53 Å². The van der Waals surface area contributed by atoms with E-state index in [0.29, 0.717) is 25.0 Å². The summed E-state index contributed by atoms with van der Waals surface area (Å²) < 4.78 is 5.53. The largest absolute Gasteiger partial charge is 0.377 e. The number of nitrogens with zero attached hydrogens (tertiary/aromatic N) is 1. The molecule has 1 saturated carbocycles. The third-order valence-electron chi connectivity index (χ3n) is 4.08. The minimum atomic E-state index is 0.160. The summed E-state index contributed by atoms with van der Waals surface area (Å²) in [5.74, 6) is 1.07. The number of rotatable bonds is 3. The first-order valence-electron chi connectivity index (χ1n) is 7.21. The molecule has 3 unspecified atom stereocenters. The Kier molecular flexibility index (Phi) is 4.62. The zero-order valence-electron chi connectivity index (χ0n) is 11.6. The van der Waals surface area contributed by atoms with Gasteiger partial charge in [-0.2, -0.15) is 0 Å². The summed E-state index contributed by atoms with van der Waals surface area (Å²) in [4.78, 5) is 14.6. The van der Waals surface area contributed by atoms with E-state index in [1.54, 1.807) is 0 Å². The summed E-state index contributed by atoms with van der Waals surface area (Å²) in [5.41, 5.74) is 5.91. The molecule has 0 aromatic heterocycles. The second-order valence-electron chi connectivity index (χ2n) is 6.16. The number of ether oxygens (including phenoxy) is 1. The lowest BCUT2D eigenvalue weighted by Gasteiger charge is -2.38. The minimum Gasteiger partial charge on any atom is -0.377 e. The molecule has 0 aromatic rings. The van der Waals surface area contributed by atoms with Crippen LogP contribution >= 0.6 is 0 Å². The van der Waals surface area contributed by atoms with E-state index in [9.17, 15) is 4.79 Å². The highest BCUT2D eigenvalue weighted by Gasteiger charge is 2.35. The van der Waals surface area contributed by atoms with Gasteiger partial charge in [-0.05, 0) is 31.6 Å². The Hall–Kier alpha value is -0.610. The zero-order chi connectivity index (χ0) is 13.1. The van der Waals surface area contributed by atoms with Crippen LogP contribution in [0.15, 0.2) is 0 Å². The van der Waals surface area contributed by atoms with E-state index in [1.165, 1.54) is 0 Å². The average molecular weight is 254 g/mol. The molecule has 0 aromatic carbocycles. The summed E-state index contributed by atoms with van der Waals surface area (Å²) in [6.07, 6.45) is 3.86. The lowest BCUT2D eigenvalue weighted by atomic mass is 9.99. The summed E-state index contributed by atoms with van der Waals surface area (Å²) in [5, 5.41) is 0. The van der Waals surface area contributed by atoms with E-state index < -0.39 is 0 Å². The quantitative estimate of drug-likeness (QED) is 0.828. The number of carbonyl (C=O) groups is 1. The van der Waals surface area contributed by atoms with Crippen molar-refractivity contribution in [2.24, 2.45) is 17.6 Å². The first kappa shape index (κ1) is 13.8. The molecule has 2 aliphatic rings. The summed E-state index contributed by atoms with van der Waals surface area (Å²) in [6, 6.07) is 0.492. The molecule has 1 heterocycles. The van der Waals surface area contributed by atoms with Crippen LogP contribution in [0.2, 0.25) is 0 Å². The van der Waals surface area contributed by atoms with Crippen molar-refractivity contribution in [3.05, 3.63) is 0 Å². The number of morpholine rings is 1. The second kappa shape index (κ2) is 6.02. The van der Waals surface area contributed by atoms with Crippen LogP contribution in [0.1, 0.15) is 39.5 Å². The molecule has 104 valence electrons. The molecule has 1 aliphatic carbocycles. The van der Waals surface area contributed by atoms with Crippen LogP contribution in [0.3, 0.4) is 0 Å². The lowest BCUT2D eigenvalue weighted by molar-refractivity contribution is -0.144. The summed E-state index contributed by atoms with van der Waals surface area (Å²) in [7, 11) is 0. The van der Waals surface area contributed by atoms with Crippen molar-refractivity contribution in [1.29, 1.82) is 0 Å². The fourth-order valence-corrected chi connectivity index (χ4v) is 3.16. The van der Waals surface area contributed by atoms with Crippen molar-refractivity contribution in [2.75, 3.05) is 19.8 Å². The normalized spacial score (nSPS) is 33.1. The first-order chi connectivity index (χ1) is 8.58. The lowest BCUT2D eigenvalue weighted by Crippen LogP contribution is -2.51. The molecule has 0 spiro atoms. The van der Waals surface area contributed by atoms with E-state index in [0.717, 1.165) is 32.2 Å². The fraction of sp³-hybridized carbons (Fsp3) is 0.929. The molecular formula is C14H26N2O2. The van der Waals surface area contributed by atoms with Crippen LogP contribution in [0.25, 0.3) is 0 Å². The van der Waals surface area contributed by atoms with Gasteiger partial charge in [0.05, 0.1) is 19.3 Å². The highest BCUT2D eigenvalue weighted by molar-refractivity contribution is 5.79. The van der Waals surface area contributed by atoms with Crippen molar-refractivity contribution in [1.82, 2.24) is 4.90 Å². The maximum Gasteiger partial charge on any atom is 0.226 e. The zero-order valence-corrected chi connectivity index (χ0v) is 11.6. The highest BCUT2D eigenvalue weighted by atomic mass is 16.5. The van der Waals surface area contributed by atoms with Gasteiger partial charge in [-0.15, -0.1) is 0 Å². The van der Waals surface area contributed by atoms with E-state index in [2.05, 4.69) is 18.7 Å². The first-order valence-corrected chi connectivity index (χ1v) is 7.21. The standard InChI is InChI=1S/C14H26N2O2/c1-10(2)7-13-9-18-6-5-16(13)14(17)11-3-4-12(15)8-11/h10-13H,3-9,15H2,1-2H3. The molecule has 1 amide bonds.